The minimum Gasteiger partial charge on any atom is -0.394 e. The van der Waals surface area contributed by atoms with Crippen LogP contribution in [0.25, 0.3) is 0 Å². The summed E-state index contributed by atoms with van der Waals surface area (Å²) in [5.74, 6) is 0.413. The number of rotatable bonds is 4. The Kier molecular flexibility index (Phi) is 4.43. The summed E-state index contributed by atoms with van der Waals surface area (Å²) in [6.45, 7) is 4.37. The number of hydrogen-bond acceptors (Lipinski definition) is 2. The molecule has 0 amide bonds. The molecule has 1 rings (SSSR count). The highest BCUT2D eigenvalue weighted by Gasteiger charge is 2.17. The van der Waals surface area contributed by atoms with Crippen molar-refractivity contribution >= 4 is 17.3 Å². The standard InChI is InChI=1S/C12H18ClNO/c1-9(2)12(8-15)14(3)11-6-4-10(13)5-7-11/h4-7,9,12,15H,8H2,1-3H3. The first-order chi connectivity index (χ1) is 7.06. The molecule has 84 valence electrons. The third kappa shape index (κ3) is 3.11. The van der Waals surface area contributed by atoms with Crippen molar-refractivity contribution in [2.75, 3.05) is 18.6 Å². The zero-order valence-electron chi connectivity index (χ0n) is 9.44. The molecule has 1 aromatic carbocycles. The average Bonchev–Trinajstić information content (AvgIpc) is 2.19. The monoisotopic (exact) mass is 227 g/mol. The van der Waals surface area contributed by atoms with E-state index < -0.39 is 0 Å². The molecule has 1 atom stereocenters. The van der Waals surface area contributed by atoms with Gasteiger partial charge >= 0.3 is 0 Å². The predicted molar refractivity (Wildman–Crippen MR) is 65.6 cm³/mol. The van der Waals surface area contributed by atoms with E-state index in [2.05, 4.69) is 18.7 Å². The first-order valence-corrected chi connectivity index (χ1v) is 5.53. The topological polar surface area (TPSA) is 23.5 Å². The average molecular weight is 228 g/mol. The van der Waals surface area contributed by atoms with Crippen molar-refractivity contribution in [2.24, 2.45) is 5.92 Å². The molecule has 1 unspecified atom stereocenters. The summed E-state index contributed by atoms with van der Waals surface area (Å²) in [6, 6.07) is 7.80. The SMILES string of the molecule is CC(C)C(CO)N(C)c1ccc(Cl)cc1. The van der Waals surface area contributed by atoms with Crippen LogP contribution in [0.2, 0.25) is 5.02 Å². The van der Waals surface area contributed by atoms with Gasteiger partial charge in [-0.2, -0.15) is 0 Å². The minimum atomic E-state index is 0.145. The number of nitrogens with zero attached hydrogens (tertiary/aromatic N) is 1. The lowest BCUT2D eigenvalue weighted by Gasteiger charge is -2.31. The number of likely N-dealkylation sites (N-methyl/N-ethyl adjacent to an activating group) is 1. The second-order valence-corrected chi connectivity index (χ2v) is 4.52. The molecule has 0 heterocycles. The molecule has 0 aliphatic carbocycles. The fourth-order valence-corrected chi connectivity index (χ4v) is 1.77. The van der Waals surface area contributed by atoms with Gasteiger partial charge in [0.15, 0.2) is 0 Å². The number of hydrogen-bond donors (Lipinski definition) is 1. The number of aliphatic hydroxyl groups excluding tert-OH is 1. The van der Waals surface area contributed by atoms with E-state index in [1.807, 2.05) is 31.3 Å². The Morgan fingerprint density at radius 3 is 2.20 bits per heavy atom. The molecule has 0 saturated heterocycles. The van der Waals surface area contributed by atoms with Gasteiger partial charge in [-0.3, -0.25) is 0 Å². The molecule has 1 N–H and O–H groups in total. The molecule has 0 fully saturated rings. The molecule has 0 bridgehead atoms. The number of halogens is 1. The minimum absolute atomic E-state index is 0.145. The van der Waals surface area contributed by atoms with Gasteiger partial charge in [0.25, 0.3) is 0 Å². The van der Waals surface area contributed by atoms with E-state index in [9.17, 15) is 5.11 Å². The van der Waals surface area contributed by atoms with Crippen LogP contribution in [0.5, 0.6) is 0 Å². The molecule has 1 aromatic rings. The Morgan fingerprint density at radius 2 is 1.80 bits per heavy atom. The summed E-state index contributed by atoms with van der Waals surface area (Å²) in [6.07, 6.45) is 0. The van der Waals surface area contributed by atoms with Crippen LogP contribution in [0.15, 0.2) is 24.3 Å². The van der Waals surface area contributed by atoms with Gasteiger partial charge in [0.2, 0.25) is 0 Å². The number of benzene rings is 1. The van der Waals surface area contributed by atoms with Crippen molar-refractivity contribution in [1.82, 2.24) is 0 Å². The third-order valence-electron chi connectivity index (χ3n) is 2.69. The highest BCUT2D eigenvalue weighted by molar-refractivity contribution is 6.30. The first-order valence-electron chi connectivity index (χ1n) is 5.15. The highest BCUT2D eigenvalue weighted by Crippen LogP contribution is 2.21. The second kappa shape index (κ2) is 5.38. The molecule has 0 aromatic heterocycles. The Morgan fingerprint density at radius 1 is 1.27 bits per heavy atom. The van der Waals surface area contributed by atoms with Crippen molar-refractivity contribution < 1.29 is 5.11 Å². The lowest BCUT2D eigenvalue weighted by atomic mass is 10.0. The van der Waals surface area contributed by atoms with Gasteiger partial charge in [-0.1, -0.05) is 25.4 Å². The second-order valence-electron chi connectivity index (χ2n) is 4.08. The lowest BCUT2D eigenvalue weighted by Crippen LogP contribution is -2.38. The highest BCUT2D eigenvalue weighted by atomic mass is 35.5. The summed E-state index contributed by atoms with van der Waals surface area (Å²) in [7, 11) is 1.99. The van der Waals surface area contributed by atoms with Crippen LogP contribution in [0.1, 0.15) is 13.8 Å². The van der Waals surface area contributed by atoms with Crippen molar-refractivity contribution in [3.05, 3.63) is 29.3 Å². The summed E-state index contributed by atoms with van der Waals surface area (Å²) in [5.41, 5.74) is 1.08. The van der Waals surface area contributed by atoms with E-state index >= 15 is 0 Å². The zero-order chi connectivity index (χ0) is 11.4. The van der Waals surface area contributed by atoms with Gasteiger partial charge in [0, 0.05) is 17.8 Å². The fourth-order valence-electron chi connectivity index (χ4n) is 1.65. The van der Waals surface area contributed by atoms with Gasteiger partial charge in [-0.15, -0.1) is 0 Å². The van der Waals surface area contributed by atoms with Crippen LogP contribution in [0.4, 0.5) is 5.69 Å². The van der Waals surface area contributed by atoms with Crippen LogP contribution < -0.4 is 4.90 Å². The van der Waals surface area contributed by atoms with Crippen LogP contribution in [-0.2, 0) is 0 Å². The maximum absolute atomic E-state index is 9.32. The van der Waals surface area contributed by atoms with E-state index in [1.54, 1.807) is 0 Å². The molecule has 0 radical (unpaired) electrons. The Bertz CT molecular complexity index is 297. The Labute approximate surface area is 96.5 Å². The van der Waals surface area contributed by atoms with Gasteiger partial charge in [-0.25, -0.2) is 0 Å². The van der Waals surface area contributed by atoms with Gasteiger partial charge in [0.05, 0.1) is 12.6 Å². The largest absolute Gasteiger partial charge is 0.394 e. The van der Waals surface area contributed by atoms with E-state index in [-0.39, 0.29) is 12.6 Å². The van der Waals surface area contributed by atoms with E-state index in [4.69, 9.17) is 11.6 Å². The maximum Gasteiger partial charge on any atom is 0.0637 e. The summed E-state index contributed by atoms with van der Waals surface area (Å²) >= 11 is 5.82. The predicted octanol–water partition coefficient (Wildman–Crippen LogP) is 2.79. The van der Waals surface area contributed by atoms with Crippen molar-refractivity contribution in [1.29, 1.82) is 0 Å². The summed E-state index contributed by atoms with van der Waals surface area (Å²) in [4.78, 5) is 2.08. The maximum atomic E-state index is 9.32. The van der Waals surface area contributed by atoms with Crippen molar-refractivity contribution in [3.8, 4) is 0 Å². The zero-order valence-corrected chi connectivity index (χ0v) is 10.2. The molecule has 2 nitrogen and oxygen atoms in total. The van der Waals surface area contributed by atoms with Crippen LogP contribution in [-0.4, -0.2) is 24.8 Å². The lowest BCUT2D eigenvalue weighted by molar-refractivity contribution is 0.234. The first kappa shape index (κ1) is 12.3. The van der Waals surface area contributed by atoms with Crippen LogP contribution in [0.3, 0.4) is 0 Å². The molecule has 0 aliphatic heterocycles. The van der Waals surface area contributed by atoms with E-state index in [0.717, 1.165) is 10.7 Å². The van der Waals surface area contributed by atoms with Crippen molar-refractivity contribution in [3.63, 3.8) is 0 Å². The van der Waals surface area contributed by atoms with Crippen LogP contribution >= 0.6 is 11.6 Å². The van der Waals surface area contributed by atoms with Gasteiger partial charge in [0.1, 0.15) is 0 Å². The molecule has 3 heteroatoms. The summed E-state index contributed by atoms with van der Waals surface area (Å²) in [5, 5.41) is 10.0. The molecule has 0 aliphatic rings. The Hall–Kier alpha value is -0.730. The molecular weight excluding hydrogens is 210 g/mol. The number of aliphatic hydroxyl groups is 1. The normalized spacial score (nSPS) is 12.9. The molecule has 0 spiro atoms. The van der Waals surface area contributed by atoms with Crippen LogP contribution in [0, 0.1) is 5.92 Å². The third-order valence-corrected chi connectivity index (χ3v) is 2.94. The van der Waals surface area contributed by atoms with Gasteiger partial charge in [-0.05, 0) is 30.2 Å². The molecule has 15 heavy (non-hydrogen) atoms. The van der Waals surface area contributed by atoms with Gasteiger partial charge < -0.3 is 10.0 Å². The Balaban J connectivity index is 2.82. The van der Waals surface area contributed by atoms with E-state index in [1.165, 1.54) is 0 Å². The summed E-state index contributed by atoms with van der Waals surface area (Å²) < 4.78 is 0. The molecular formula is C12H18ClNO. The van der Waals surface area contributed by atoms with Crippen molar-refractivity contribution in [2.45, 2.75) is 19.9 Å². The smallest absolute Gasteiger partial charge is 0.0637 e. The molecule has 0 saturated carbocycles. The van der Waals surface area contributed by atoms with E-state index in [0.29, 0.717) is 5.92 Å². The number of anilines is 1. The fraction of sp³-hybridized carbons (Fsp3) is 0.500. The quantitative estimate of drug-likeness (QED) is 0.855.